The van der Waals surface area contributed by atoms with E-state index in [9.17, 15) is 8.78 Å². The number of halogens is 2. The van der Waals surface area contributed by atoms with Crippen LogP contribution in [0.5, 0.6) is 0 Å². The summed E-state index contributed by atoms with van der Waals surface area (Å²) in [7, 11) is 0. The molecule has 9 heteroatoms. The highest BCUT2D eigenvalue weighted by Crippen LogP contribution is 2.28. The second-order valence-electron chi connectivity index (χ2n) is 6.81. The van der Waals surface area contributed by atoms with Gasteiger partial charge in [0.2, 0.25) is 5.95 Å². The molecule has 0 aliphatic heterocycles. The molecule has 0 saturated heterocycles. The fraction of sp³-hybridized carbons (Fsp3) is 0.368. The van der Waals surface area contributed by atoms with Gasteiger partial charge in [-0.3, -0.25) is 0 Å². The molecule has 4 aromatic rings. The van der Waals surface area contributed by atoms with Crippen molar-refractivity contribution in [2.75, 3.05) is 5.32 Å². The number of aromatic nitrogens is 6. The summed E-state index contributed by atoms with van der Waals surface area (Å²) in [5.41, 5.74) is 3.20. The number of nitrogens with one attached hydrogen (secondary N) is 2. The number of aryl methyl sites for hydroxylation is 1. The summed E-state index contributed by atoms with van der Waals surface area (Å²) in [4.78, 5) is 21.0. The lowest BCUT2D eigenvalue weighted by atomic mass is 10.1. The molecule has 4 rings (SSSR count). The second kappa shape index (κ2) is 7.14. The molecule has 4 aromatic heterocycles. The minimum absolute atomic E-state index is 0.273. The summed E-state index contributed by atoms with van der Waals surface area (Å²) in [5.74, 6) is 1.08. The largest absolute Gasteiger partial charge is 0.352 e. The minimum Gasteiger partial charge on any atom is -0.352 e. The van der Waals surface area contributed by atoms with Gasteiger partial charge < -0.3 is 14.9 Å². The number of pyridine rings is 1. The number of imidazole rings is 1. The normalized spacial score (nSPS) is 12.9. The van der Waals surface area contributed by atoms with Gasteiger partial charge in [0.1, 0.15) is 17.0 Å². The van der Waals surface area contributed by atoms with E-state index in [-0.39, 0.29) is 6.04 Å². The summed E-state index contributed by atoms with van der Waals surface area (Å²) in [6.07, 6.45) is 2.04. The van der Waals surface area contributed by atoms with E-state index >= 15 is 0 Å². The Morgan fingerprint density at radius 3 is 2.79 bits per heavy atom. The van der Waals surface area contributed by atoms with Crippen molar-refractivity contribution < 1.29 is 8.78 Å². The summed E-state index contributed by atoms with van der Waals surface area (Å²) >= 11 is 0. The van der Waals surface area contributed by atoms with Crippen molar-refractivity contribution in [1.82, 2.24) is 29.5 Å². The lowest BCUT2D eigenvalue weighted by molar-refractivity contribution is 0.127. The molecule has 0 aromatic carbocycles. The van der Waals surface area contributed by atoms with Gasteiger partial charge in [-0.1, -0.05) is 6.92 Å². The highest BCUT2D eigenvalue weighted by Gasteiger charge is 2.16. The Balaban J connectivity index is 1.76. The second-order valence-corrected chi connectivity index (χ2v) is 6.81. The predicted octanol–water partition coefficient (Wildman–Crippen LogP) is 4.15. The highest BCUT2D eigenvalue weighted by atomic mass is 19.3. The van der Waals surface area contributed by atoms with Crippen molar-refractivity contribution in [1.29, 1.82) is 0 Å². The topological polar surface area (TPSA) is 84.3 Å². The Hall–Kier alpha value is -3.10. The van der Waals surface area contributed by atoms with Crippen LogP contribution in [0.25, 0.3) is 33.5 Å². The first-order valence-corrected chi connectivity index (χ1v) is 9.19. The third-order valence-electron chi connectivity index (χ3n) is 4.80. The van der Waals surface area contributed by atoms with Gasteiger partial charge >= 0.3 is 0 Å². The molecule has 0 aliphatic carbocycles. The monoisotopic (exact) mass is 385 g/mol. The fourth-order valence-electron chi connectivity index (χ4n) is 3.13. The maximum atomic E-state index is 12.9. The molecule has 7 nitrogen and oxygen atoms in total. The zero-order chi connectivity index (χ0) is 19.8. The van der Waals surface area contributed by atoms with Gasteiger partial charge in [-0.05, 0) is 32.4 Å². The molecular weight excluding hydrogens is 364 g/mol. The van der Waals surface area contributed by atoms with Crippen LogP contribution in [-0.2, 0) is 6.54 Å². The van der Waals surface area contributed by atoms with Crippen molar-refractivity contribution in [2.24, 2.45) is 0 Å². The molecule has 0 bridgehead atoms. The number of anilines is 1. The van der Waals surface area contributed by atoms with Crippen LogP contribution in [-0.4, -0.2) is 42.0 Å². The van der Waals surface area contributed by atoms with Crippen LogP contribution in [0.3, 0.4) is 0 Å². The van der Waals surface area contributed by atoms with E-state index in [0.29, 0.717) is 34.3 Å². The number of hydrogen-bond acceptors (Lipinski definition) is 5. The number of alkyl halides is 2. The molecular formula is C19H21F2N7. The minimum atomic E-state index is -2.47. The Bertz CT molecular complexity index is 1130. The Kier molecular flexibility index (Phi) is 4.66. The number of H-pyrrole nitrogens is 1. The van der Waals surface area contributed by atoms with Crippen molar-refractivity contribution >= 4 is 28.1 Å². The summed E-state index contributed by atoms with van der Waals surface area (Å²) < 4.78 is 27.3. The Morgan fingerprint density at radius 1 is 1.21 bits per heavy atom. The maximum absolute atomic E-state index is 12.9. The number of aromatic amines is 1. The van der Waals surface area contributed by atoms with Crippen molar-refractivity contribution in [3.8, 4) is 11.3 Å². The Labute approximate surface area is 160 Å². The maximum Gasteiger partial charge on any atom is 0.256 e. The van der Waals surface area contributed by atoms with Crippen LogP contribution in [0.15, 0.2) is 24.5 Å². The molecule has 0 saturated carbocycles. The molecule has 0 radical (unpaired) electrons. The smallest absolute Gasteiger partial charge is 0.256 e. The first-order valence-electron chi connectivity index (χ1n) is 9.19. The van der Waals surface area contributed by atoms with Gasteiger partial charge in [0.15, 0.2) is 5.65 Å². The summed E-state index contributed by atoms with van der Waals surface area (Å²) in [5, 5.41) is 4.06. The number of rotatable bonds is 6. The summed E-state index contributed by atoms with van der Waals surface area (Å²) in [6, 6.07) is 3.90. The van der Waals surface area contributed by atoms with E-state index in [4.69, 9.17) is 0 Å². The van der Waals surface area contributed by atoms with Crippen molar-refractivity contribution in [3.05, 3.63) is 30.4 Å². The average Bonchev–Trinajstić information content (AvgIpc) is 3.22. The van der Waals surface area contributed by atoms with E-state index in [1.807, 2.05) is 6.07 Å². The number of fused-ring (bicyclic) bond motifs is 2. The zero-order valence-corrected chi connectivity index (χ0v) is 15.9. The molecule has 0 aliphatic rings. The standard InChI is InChI=1S/C19H21F2N7/c1-4-10(2)24-19-23-8-13-12(7-22-17(13)27-19)14-5-6-15-18(26-14)28(9-16(20)21)11(3)25-15/h5-8,10,16H,4,9H2,1-3H3,(H2,22,23,24,27)/t10-/m0/s1. The van der Waals surface area contributed by atoms with E-state index in [1.54, 1.807) is 25.4 Å². The predicted molar refractivity (Wildman–Crippen MR) is 105 cm³/mol. The van der Waals surface area contributed by atoms with E-state index < -0.39 is 13.0 Å². The number of hydrogen-bond donors (Lipinski definition) is 2. The highest BCUT2D eigenvalue weighted by molar-refractivity contribution is 5.93. The van der Waals surface area contributed by atoms with Gasteiger partial charge in [0.25, 0.3) is 6.43 Å². The van der Waals surface area contributed by atoms with Gasteiger partial charge in [0.05, 0.1) is 12.2 Å². The molecule has 0 fully saturated rings. The van der Waals surface area contributed by atoms with Gasteiger partial charge in [-0.25, -0.2) is 23.7 Å². The van der Waals surface area contributed by atoms with Crippen LogP contribution in [0.1, 0.15) is 26.1 Å². The SMILES string of the molecule is CC[C@H](C)Nc1ncc2c(-c3ccc4nc(C)n(CC(F)F)c4n3)c[nH]c2n1. The Morgan fingerprint density at radius 2 is 2.04 bits per heavy atom. The zero-order valence-electron chi connectivity index (χ0n) is 15.9. The quantitative estimate of drug-likeness (QED) is 0.521. The van der Waals surface area contributed by atoms with Gasteiger partial charge in [-0.15, -0.1) is 0 Å². The lowest BCUT2D eigenvalue weighted by Crippen LogP contribution is -2.15. The summed E-state index contributed by atoms with van der Waals surface area (Å²) in [6.45, 7) is 5.43. The van der Waals surface area contributed by atoms with Crippen molar-refractivity contribution in [2.45, 2.75) is 46.2 Å². The first-order chi connectivity index (χ1) is 13.5. The van der Waals surface area contributed by atoms with E-state index in [0.717, 1.165) is 17.4 Å². The van der Waals surface area contributed by atoms with Crippen LogP contribution >= 0.6 is 0 Å². The van der Waals surface area contributed by atoms with Gasteiger partial charge in [-0.2, -0.15) is 4.98 Å². The molecule has 0 spiro atoms. The third-order valence-corrected chi connectivity index (χ3v) is 4.80. The molecule has 0 unspecified atom stereocenters. The van der Waals surface area contributed by atoms with Gasteiger partial charge in [0, 0.05) is 29.4 Å². The van der Waals surface area contributed by atoms with E-state index in [1.165, 1.54) is 4.57 Å². The molecule has 4 heterocycles. The lowest BCUT2D eigenvalue weighted by Gasteiger charge is -2.10. The fourth-order valence-corrected chi connectivity index (χ4v) is 3.13. The molecule has 146 valence electrons. The molecule has 28 heavy (non-hydrogen) atoms. The molecule has 1 atom stereocenters. The number of nitrogens with zero attached hydrogens (tertiary/aromatic N) is 5. The van der Waals surface area contributed by atoms with E-state index in [2.05, 4.69) is 44.1 Å². The molecule has 2 N–H and O–H groups in total. The average molecular weight is 385 g/mol. The van der Waals surface area contributed by atoms with Crippen molar-refractivity contribution in [3.63, 3.8) is 0 Å². The van der Waals surface area contributed by atoms with Crippen LogP contribution in [0.4, 0.5) is 14.7 Å². The first kappa shape index (κ1) is 18.3. The van der Waals surface area contributed by atoms with Crippen LogP contribution in [0.2, 0.25) is 0 Å². The van der Waals surface area contributed by atoms with Crippen LogP contribution in [0, 0.1) is 6.92 Å². The van der Waals surface area contributed by atoms with Crippen LogP contribution < -0.4 is 5.32 Å². The third kappa shape index (κ3) is 3.28. The molecule has 0 amide bonds.